The molecule has 1 amide bonds. The van der Waals surface area contributed by atoms with E-state index in [0.717, 1.165) is 34.2 Å². The molecular weight excluding hydrogens is 324 g/mol. The predicted molar refractivity (Wildman–Crippen MR) is 97.2 cm³/mol. The second kappa shape index (κ2) is 7.05. The van der Waals surface area contributed by atoms with Crippen LogP contribution in [0.5, 0.6) is 0 Å². The molecule has 122 valence electrons. The predicted octanol–water partition coefficient (Wildman–Crippen LogP) is 4.25. The first-order chi connectivity index (χ1) is 11.1. The van der Waals surface area contributed by atoms with E-state index >= 15 is 0 Å². The number of carbonyl (C=O) groups excluding carboxylic acids is 1. The standard InChI is InChI=1S/C18H22N2OS2/c1-12-16(23-18(19-12)22-3)11-17(21)20(2)15-10-6-8-13-7-4-5-9-14(13)15/h4-5,7,9,15H,6,8,10-11H2,1-3H3. The highest BCUT2D eigenvalue weighted by atomic mass is 32.2. The molecule has 0 saturated heterocycles. The Balaban J connectivity index is 1.76. The zero-order chi connectivity index (χ0) is 16.4. The third kappa shape index (κ3) is 3.45. The third-order valence-corrected chi connectivity index (χ3v) is 6.70. The van der Waals surface area contributed by atoms with Crippen LogP contribution in [0.3, 0.4) is 0 Å². The van der Waals surface area contributed by atoms with Crippen LogP contribution in [0.4, 0.5) is 0 Å². The third-order valence-electron chi connectivity index (χ3n) is 4.56. The van der Waals surface area contributed by atoms with Gasteiger partial charge in [-0.25, -0.2) is 4.98 Å². The van der Waals surface area contributed by atoms with Gasteiger partial charge < -0.3 is 4.90 Å². The first-order valence-electron chi connectivity index (χ1n) is 7.94. The molecule has 0 saturated carbocycles. The lowest BCUT2D eigenvalue weighted by Crippen LogP contribution is -2.34. The molecule has 2 aromatic rings. The summed E-state index contributed by atoms with van der Waals surface area (Å²) in [5.74, 6) is 0.186. The Bertz CT molecular complexity index is 711. The summed E-state index contributed by atoms with van der Waals surface area (Å²) < 4.78 is 1.04. The van der Waals surface area contributed by atoms with Crippen molar-refractivity contribution in [1.29, 1.82) is 0 Å². The summed E-state index contributed by atoms with van der Waals surface area (Å²) in [5, 5.41) is 0. The van der Waals surface area contributed by atoms with Crippen LogP contribution in [0.25, 0.3) is 0 Å². The number of hydrogen-bond acceptors (Lipinski definition) is 4. The van der Waals surface area contributed by atoms with E-state index in [-0.39, 0.29) is 11.9 Å². The molecule has 1 aliphatic rings. The number of nitrogens with zero attached hydrogens (tertiary/aromatic N) is 2. The number of carbonyl (C=O) groups is 1. The number of likely N-dealkylation sites (N-methyl/N-ethyl adjacent to an activating group) is 1. The van der Waals surface area contributed by atoms with Gasteiger partial charge in [-0.15, -0.1) is 11.3 Å². The molecule has 1 heterocycles. The maximum atomic E-state index is 12.8. The second-order valence-corrected chi connectivity index (χ2v) is 8.12. The summed E-state index contributed by atoms with van der Waals surface area (Å²) in [6, 6.07) is 8.74. The number of amides is 1. The van der Waals surface area contributed by atoms with E-state index in [0.29, 0.717) is 6.42 Å². The molecule has 23 heavy (non-hydrogen) atoms. The van der Waals surface area contributed by atoms with Crippen molar-refractivity contribution in [1.82, 2.24) is 9.88 Å². The minimum Gasteiger partial charge on any atom is -0.338 e. The summed E-state index contributed by atoms with van der Waals surface area (Å²) in [6.07, 6.45) is 5.81. The van der Waals surface area contributed by atoms with E-state index < -0.39 is 0 Å². The lowest BCUT2D eigenvalue weighted by Gasteiger charge is -2.33. The Morgan fingerprint density at radius 1 is 1.43 bits per heavy atom. The maximum Gasteiger partial charge on any atom is 0.228 e. The first kappa shape index (κ1) is 16.5. The summed E-state index contributed by atoms with van der Waals surface area (Å²) >= 11 is 3.28. The minimum atomic E-state index is 0.186. The van der Waals surface area contributed by atoms with Crippen LogP contribution in [0, 0.1) is 6.92 Å². The number of aromatic nitrogens is 1. The quantitative estimate of drug-likeness (QED) is 0.776. The van der Waals surface area contributed by atoms with Crippen molar-refractivity contribution in [3.05, 3.63) is 46.0 Å². The van der Waals surface area contributed by atoms with Gasteiger partial charge in [0.05, 0.1) is 18.2 Å². The van der Waals surface area contributed by atoms with E-state index in [2.05, 4.69) is 29.2 Å². The van der Waals surface area contributed by atoms with Crippen LogP contribution in [0.2, 0.25) is 0 Å². The first-order valence-corrected chi connectivity index (χ1v) is 9.98. The highest BCUT2D eigenvalue weighted by Gasteiger charge is 2.27. The smallest absolute Gasteiger partial charge is 0.228 e. The van der Waals surface area contributed by atoms with Gasteiger partial charge in [-0.1, -0.05) is 36.0 Å². The fourth-order valence-electron chi connectivity index (χ4n) is 3.22. The van der Waals surface area contributed by atoms with Gasteiger partial charge in [0.2, 0.25) is 5.91 Å². The topological polar surface area (TPSA) is 33.2 Å². The molecule has 0 fully saturated rings. The fourth-order valence-corrected chi connectivity index (χ4v) is 4.86. The maximum absolute atomic E-state index is 12.8. The Labute approximate surface area is 146 Å². The van der Waals surface area contributed by atoms with Gasteiger partial charge in [0, 0.05) is 11.9 Å². The lowest BCUT2D eigenvalue weighted by molar-refractivity contribution is -0.131. The Hall–Kier alpha value is -1.33. The molecule has 1 aromatic carbocycles. The fraction of sp³-hybridized carbons (Fsp3) is 0.444. The van der Waals surface area contributed by atoms with Crippen molar-refractivity contribution in [2.45, 2.75) is 43.0 Å². The van der Waals surface area contributed by atoms with Gasteiger partial charge in [-0.2, -0.15) is 0 Å². The van der Waals surface area contributed by atoms with Crippen molar-refractivity contribution in [3.8, 4) is 0 Å². The minimum absolute atomic E-state index is 0.186. The van der Waals surface area contributed by atoms with Crippen LogP contribution >= 0.6 is 23.1 Å². The van der Waals surface area contributed by atoms with E-state index in [9.17, 15) is 4.79 Å². The number of aryl methyl sites for hydroxylation is 2. The number of rotatable bonds is 4. The van der Waals surface area contributed by atoms with Gasteiger partial charge in [0.15, 0.2) is 0 Å². The van der Waals surface area contributed by atoms with Crippen LogP contribution in [-0.2, 0) is 17.6 Å². The number of fused-ring (bicyclic) bond motifs is 1. The second-order valence-electron chi connectivity index (χ2n) is 5.98. The number of thiazole rings is 1. The molecule has 1 aliphatic carbocycles. The average Bonchev–Trinajstić information content (AvgIpc) is 2.93. The van der Waals surface area contributed by atoms with Gasteiger partial charge in [-0.3, -0.25) is 4.79 Å². The van der Waals surface area contributed by atoms with Crippen LogP contribution in [-0.4, -0.2) is 29.1 Å². The number of thioether (sulfide) groups is 1. The zero-order valence-electron chi connectivity index (χ0n) is 13.8. The van der Waals surface area contributed by atoms with Crippen molar-refractivity contribution in [3.63, 3.8) is 0 Å². The van der Waals surface area contributed by atoms with Gasteiger partial charge in [-0.05, 0) is 43.6 Å². The van der Waals surface area contributed by atoms with E-state index in [1.165, 1.54) is 11.1 Å². The lowest BCUT2D eigenvalue weighted by atomic mass is 9.87. The molecule has 0 N–H and O–H groups in total. The molecule has 5 heteroatoms. The van der Waals surface area contributed by atoms with E-state index in [1.54, 1.807) is 23.1 Å². The molecule has 0 aliphatic heterocycles. The number of hydrogen-bond donors (Lipinski definition) is 0. The highest BCUT2D eigenvalue weighted by Crippen LogP contribution is 2.34. The Morgan fingerprint density at radius 2 is 2.22 bits per heavy atom. The van der Waals surface area contributed by atoms with Gasteiger partial charge in [0.1, 0.15) is 4.34 Å². The van der Waals surface area contributed by atoms with Crippen molar-refractivity contribution >= 4 is 29.0 Å². The van der Waals surface area contributed by atoms with E-state index in [4.69, 9.17) is 0 Å². The summed E-state index contributed by atoms with van der Waals surface area (Å²) in [5.41, 5.74) is 3.70. The monoisotopic (exact) mass is 346 g/mol. The Morgan fingerprint density at radius 3 is 2.96 bits per heavy atom. The highest BCUT2D eigenvalue weighted by molar-refractivity contribution is 8.00. The van der Waals surface area contributed by atoms with Gasteiger partial charge in [0.25, 0.3) is 0 Å². The molecule has 1 atom stereocenters. The van der Waals surface area contributed by atoms with Crippen LogP contribution < -0.4 is 0 Å². The van der Waals surface area contributed by atoms with E-state index in [1.807, 2.05) is 25.1 Å². The summed E-state index contributed by atoms with van der Waals surface area (Å²) in [6.45, 7) is 1.99. The normalized spacial score (nSPS) is 16.9. The molecule has 3 rings (SSSR count). The Kier molecular flexibility index (Phi) is 5.07. The molecule has 0 radical (unpaired) electrons. The molecular formula is C18H22N2OS2. The molecule has 1 aromatic heterocycles. The number of benzene rings is 1. The molecule has 3 nitrogen and oxygen atoms in total. The van der Waals surface area contributed by atoms with Crippen molar-refractivity contribution in [2.24, 2.45) is 0 Å². The average molecular weight is 347 g/mol. The molecule has 0 bridgehead atoms. The molecule has 1 unspecified atom stereocenters. The summed E-state index contributed by atoms with van der Waals surface area (Å²) in [4.78, 5) is 20.3. The summed E-state index contributed by atoms with van der Waals surface area (Å²) in [7, 11) is 1.95. The SMILES string of the molecule is CSc1nc(C)c(CC(=O)N(C)C2CCCc3ccccc32)s1. The largest absolute Gasteiger partial charge is 0.338 e. The molecule has 0 spiro atoms. The van der Waals surface area contributed by atoms with Crippen LogP contribution in [0.1, 0.15) is 40.6 Å². The zero-order valence-corrected chi connectivity index (χ0v) is 15.5. The van der Waals surface area contributed by atoms with Crippen LogP contribution in [0.15, 0.2) is 28.6 Å². The van der Waals surface area contributed by atoms with Gasteiger partial charge >= 0.3 is 0 Å². The van der Waals surface area contributed by atoms with Crippen molar-refractivity contribution in [2.75, 3.05) is 13.3 Å². The van der Waals surface area contributed by atoms with Crippen molar-refractivity contribution < 1.29 is 4.79 Å².